The molecule has 2 unspecified atom stereocenters. The maximum absolute atomic E-state index is 12.7. The van der Waals surface area contributed by atoms with E-state index in [4.69, 9.17) is 4.98 Å². The second-order valence-corrected chi connectivity index (χ2v) is 8.31. The SMILES string of the molecule is CC1CCCC(CC(=O)N2CCN(c3ccnc(-c4ccccc4)n3)CC2)C1. The van der Waals surface area contributed by atoms with Gasteiger partial charge in [0.1, 0.15) is 5.82 Å². The smallest absolute Gasteiger partial charge is 0.222 e. The highest BCUT2D eigenvalue weighted by Crippen LogP contribution is 2.31. The van der Waals surface area contributed by atoms with Gasteiger partial charge in [0.2, 0.25) is 5.91 Å². The van der Waals surface area contributed by atoms with Crippen LogP contribution in [0.25, 0.3) is 11.4 Å². The topological polar surface area (TPSA) is 49.3 Å². The average Bonchev–Trinajstić information content (AvgIpc) is 2.75. The number of hydrogen-bond donors (Lipinski definition) is 0. The van der Waals surface area contributed by atoms with Crippen molar-refractivity contribution in [2.45, 2.75) is 39.0 Å². The molecule has 0 bridgehead atoms. The normalized spacial score (nSPS) is 22.9. The number of carbonyl (C=O) groups is 1. The minimum absolute atomic E-state index is 0.339. The van der Waals surface area contributed by atoms with Gasteiger partial charge in [-0.2, -0.15) is 0 Å². The maximum Gasteiger partial charge on any atom is 0.222 e. The molecular formula is C23H30N4O. The third-order valence-corrected chi connectivity index (χ3v) is 6.14. The number of carbonyl (C=O) groups excluding carboxylic acids is 1. The van der Waals surface area contributed by atoms with E-state index in [1.165, 1.54) is 25.7 Å². The van der Waals surface area contributed by atoms with E-state index in [0.717, 1.165) is 55.7 Å². The van der Waals surface area contributed by atoms with Crippen molar-refractivity contribution in [2.24, 2.45) is 11.8 Å². The quantitative estimate of drug-likeness (QED) is 0.807. The lowest BCUT2D eigenvalue weighted by Crippen LogP contribution is -2.49. The summed E-state index contributed by atoms with van der Waals surface area (Å²) in [4.78, 5) is 26.2. The second kappa shape index (κ2) is 8.72. The van der Waals surface area contributed by atoms with Crippen molar-refractivity contribution >= 4 is 11.7 Å². The van der Waals surface area contributed by atoms with Crippen LogP contribution < -0.4 is 4.90 Å². The van der Waals surface area contributed by atoms with Crippen molar-refractivity contribution in [2.75, 3.05) is 31.1 Å². The Kier molecular flexibility index (Phi) is 5.89. The first-order valence-corrected chi connectivity index (χ1v) is 10.6. The molecule has 0 radical (unpaired) electrons. The Morgan fingerprint density at radius 2 is 1.86 bits per heavy atom. The number of piperazine rings is 1. The lowest BCUT2D eigenvalue weighted by Gasteiger charge is -2.36. The van der Waals surface area contributed by atoms with Crippen LogP contribution in [-0.4, -0.2) is 47.0 Å². The monoisotopic (exact) mass is 378 g/mol. The Balaban J connectivity index is 1.33. The van der Waals surface area contributed by atoms with Crippen molar-refractivity contribution in [3.05, 3.63) is 42.6 Å². The molecule has 28 heavy (non-hydrogen) atoms. The summed E-state index contributed by atoms with van der Waals surface area (Å²) in [6.45, 7) is 5.55. The average molecular weight is 379 g/mol. The molecule has 0 N–H and O–H groups in total. The molecular weight excluding hydrogens is 348 g/mol. The highest BCUT2D eigenvalue weighted by Gasteiger charge is 2.26. The van der Waals surface area contributed by atoms with Crippen molar-refractivity contribution < 1.29 is 4.79 Å². The van der Waals surface area contributed by atoms with Crippen LogP contribution in [0.3, 0.4) is 0 Å². The molecule has 2 heterocycles. The molecule has 4 rings (SSSR count). The highest BCUT2D eigenvalue weighted by molar-refractivity contribution is 5.76. The van der Waals surface area contributed by atoms with Gasteiger partial charge in [-0.15, -0.1) is 0 Å². The van der Waals surface area contributed by atoms with Gasteiger partial charge in [0.15, 0.2) is 5.82 Å². The number of aromatic nitrogens is 2. The van der Waals surface area contributed by atoms with Crippen LogP contribution in [0.1, 0.15) is 39.0 Å². The van der Waals surface area contributed by atoms with E-state index in [1.54, 1.807) is 0 Å². The predicted octanol–water partition coefficient (Wildman–Crippen LogP) is 4.01. The number of amides is 1. The van der Waals surface area contributed by atoms with Crippen LogP contribution in [-0.2, 0) is 4.79 Å². The molecule has 5 nitrogen and oxygen atoms in total. The molecule has 2 atom stereocenters. The third-order valence-electron chi connectivity index (χ3n) is 6.14. The van der Waals surface area contributed by atoms with E-state index in [2.05, 4.69) is 21.7 Å². The van der Waals surface area contributed by atoms with Gasteiger partial charge >= 0.3 is 0 Å². The molecule has 1 aromatic heterocycles. The predicted molar refractivity (Wildman–Crippen MR) is 112 cm³/mol. The summed E-state index contributed by atoms with van der Waals surface area (Å²) in [7, 11) is 0. The molecule has 2 aliphatic rings. The molecule has 1 saturated heterocycles. The first-order chi connectivity index (χ1) is 13.7. The van der Waals surface area contributed by atoms with Crippen LogP contribution in [0, 0.1) is 11.8 Å². The van der Waals surface area contributed by atoms with Gasteiger partial charge in [0.05, 0.1) is 0 Å². The van der Waals surface area contributed by atoms with E-state index in [-0.39, 0.29) is 0 Å². The Bertz CT molecular complexity index is 786. The van der Waals surface area contributed by atoms with Crippen LogP contribution >= 0.6 is 0 Å². The van der Waals surface area contributed by atoms with E-state index in [1.807, 2.05) is 42.6 Å². The Morgan fingerprint density at radius 1 is 1.07 bits per heavy atom. The Hall–Kier alpha value is -2.43. The summed E-state index contributed by atoms with van der Waals surface area (Å²) in [5.74, 6) is 3.40. The van der Waals surface area contributed by atoms with Crippen molar-refractivity contribution in [1.29, 1.82) is 0 Å². The molecule has 2 fully saturated rings. The van der Waals surface area contributed by atoms with Gasteiger partial charge in [-0.25, -0.2) is 9.97 Å². The minimum atomic E-state index is 0.339. The molecule has 148 valence electrons. The fourth-order valence-corrected chi connectivity index (χ4v) is 4.56. The molecule has 1 amide bonds. The van der Waals surface area contributed by atoms with Crippen LogP contribution in [0.2, 0.25) is 0 Å². The van der Waals surface area contributed by atoms with E-state index in [0.29, 0.717) is 11.8 Å². The summed E-state index contributed by atoms with van der Waals surface area (Å²) in [6.07, 6.45) is 7.61. The van der Waals surface area contributed by atoms with Crippen LogP contribution in [0.5, 0.6) is 0 Å². The molecule has 5 heteroatoms. The first-order valence-electron chi connectivity index (χ1n) is 10.6. The van der Waals surface area contributed by atoms with Gasteiger partial charge in [0.25, 0.3) is 0 Å². The van der Waals surface area contributed by atoms with Crippen LogP contribution in [0.4, 0.5) is 5.82 Å². The lowest BCUT2D eigenvalue weighted by molar-refractivity contribution is -0.132. The van der Waals surface area contributed by atoms with Crippen molar-refractivity contribution in [3.63, 3.8) is 0 Å². The zero-order chi connectivity index (χ0) is 19.3. The Labute approximate surface area is 167 Å². The number of nitrogens with zero attached hydrogens (tertiary/aromatic N) is 4. The number of anilines is 1. The summed E-state index contributed by atoms with van der Waals surface area (Å²) < 4.78 is 0. The minimum Gasteiger partial charge on any atom is -0.353 e. The summed E-state index contributed by atoms with van der Waals surface area (Å²) in [5.41, 5.74) is 1.03. The number of rotatable bonds is 4. The van der Waals surface area contributed by atoms with E-state index >= 15 is 0 Å². The largest absolute Gasteiger partial charge is 0.353 e. The van der Waals surface area contributed by atoms with Gasteiger partial charge in [-0.3, -0.25) is 4.79 Å². The van der Waals surface area contributed by atoms with Gasteiger partial charge in [0, 0.05) is 44.4 Å². The summed E-state index contributed by atoms with van der Waals surface area (Å²) >= 11 is 0. The third kappa shape index (κ3) is 4.51. The molecule has 1 aromatic carbocycles. The molecule has 1 saturated carbocycles. The fourth-order valence-electron chi connectivity index (χ4n) is 4.56. The Morgan fingerprint density at radius 3 is 2.61 bits per heavy atom. The van der Waals surface area contributed by atoms with Crippen molar-refractivity contribution in [3.8, 4) is 11.4 Å². The summed E-state index contributed by atoms with van der Waals surface area (Å²) in [5, 5.41) is 0. The van der Waals surface area contributed by atoms with Gasteiger partial charge in [-0.1, -0.05) is 50.1 Å². The standard InChI is InChI=1S/C23H30N4O/c1-18-6-5-7-19(16-18)17-22(28)27-14-12-26(13-15-27)21-10-11-24-23(25-21)20-8-3-2-4-9-20/h2-4,8-11,18-19H,5-7,12-17H2,1H3. The lowest BCUT2D eigenvalue weighted by atomic mass is 9.80. The zero-order valence-electron chi connectivity index (χ0n) is 16.8. The molecule has 1 aliphatic heterocycles. The summed E-state index contributed by atoms with van der Waals surface area (Å²) in [6, 6.07) is 12.0. The van der Waals surface area contributed by atoms with Gasteiger partial charge < -0.3 is 9.80 Å². The molecule has 0 spiro atoms. The van der Waals surface area contributed by atoms with E-state index < -0.39 is 0 Å². The molecule has 2 aromatic rings. The maximum atomic E-state index is 12.7. The highest BCUT2D eigenvalue weighted by atomic mass is 16.2. The van der Waals surface area contributed by atoms with E-state index in [9.17, 15) is 4.79 Å². The second-order valence-electron chi connectivity index (χ2n) is 8.31. The van der Waals surface area contributed by atoms with Crippen molar-refractivity contribution in [1.82, 2.24) is 14.9 Å². The van der Waals surface area contributed by atoms with Crippen LogP contribution in [0.15, 0.2) is 42.6 Å². The fraction of sp³-hybridized carbons (Fsp3) is 0.522. The first kappa shape index (κ1) is 18.9. The zero-order valence-corrected chi connectivity index (χ0v) is 16.8. The van der Waals surface area contributed by atoms with Gasteiger partial charge in [-0.05, 0) is 30.7 Å². The number of hydrogen-bond acceptors (Lipinski definition) is 4. The number of benzene rings is 1. The molecule has 1 aliphatic carbocycles.